The molecule has 92 valence electrons. The Morgan fingerprint density at radius 3 is 2.00 bits per heavy atom. The smallest absolute Gasteiger partial charge is 0.303 e. The van der Waals surface area contributed by atoms with Crippen molar-refractivity contribution in [1.82, 2.24) is 4.90 Å². The highest BCUT2D eigenvalue weighted by atomic mass is 32.3. The standard InChI is InChI=1S/C9H19N.H2O4S/c1-2-3-7-10-8-5-4-6-9-10;1-5(2,3)4/h2-9H2,1H3;(H2,1,2,3,4). The molecule has 0 atom stereocenters. The second-order valence-corrected chi connectivity index (χ2v) is 4.60. The lowest BCUT2D eigenvalue weighted by atomic mass is 10.1. The molecule has 5 nitrogen and oxygen atoms in total. The number of unbranched alkanes of at least 4 members (excludes halogenated alkanes) is 1. The van der Waals surface area contributed by atoms with E-state index in [9.17, 15) is 0 Å². The fraction of sp³-hybridized carbons (Fsp3) is 1.00. The largest absolute Gasteiger partial charge is 0.394 e. The van der Waals surface area contributed by atoms with Crippen LogP contribution in [0.5, 0.6) is 0 Å². The van der Waals surface area contributed by atoms with Crippen molar-refractivity contribution < 1.29 is 17.5 Å². The van der Waals surface area contributed by atoms with E-state index in [4.69, 9.17) is 17.5 Å². The Kier molecular flexibility index (Phi) is 7.95. The van der Waals surface area contributed by atoms with Crippen molar-refractivity contribution in [2.45, 2.75) is 39.0 Å². The third-order valence-electron chi connectivity index (χ3n) is 2.28. The molecule has 0 bridgehead atoms. The van der Waals surface area contributed by atoms with E-state index in [1.807, 2.05) is 0 Å². The molecule has 0 aliphatic carbocycles. The quantitative estimate of drug-likeness (QED) is 0.732. The van der Waals surface area contributed by atoms with Crippen LogP contribution >= 0.6 is 0 Å². The normalized spacial score (nSPS) is 18.1. The van der Waals surface area contributed by atoms with Crippen LogP contribution in [0.2, 0.25) is 0 Å². The average Bonchev–Trinajstić information content (AvgIpc) is 2.14. The Morgan fingerprint density at radius 1 is 1.13 bits per heavy atom. The van der Waals surface area contributed by atoms with Gasteiger partial charge in [-0.3, -0.25) is 9.11 Å². The van der Waals surface area contributed by atoms with E-state index < -0.39 is 10.4 Å². The molecular weight excluding hydrogens is 218 g/mol. The molecule has 0 aromatic rings. The predicted molar refractivity (Wildman–Crippen MR) is 59.4 cm³/mol. The minimum atomic E-state index is -4.67. The van der Waals surface area contributed by atoms with E-state index in [1.54, 1.807) is 0 Å². The van der Waals surface area contributed by atoms with Crippen LogP contribution in [0, 0.1) is 0 Å². The van der Waals surface area contributed by atoms with Gasteiger partial charge in [-0.2, -0.15) is 8.42 Å². The molecule has 1 rings (SSSR count). The van der Waals surface area contributed by atoms with Gasteiger partial charge in [-0.15, -0.1) is 0 Å². The first-order chi connectivity index (χ1) is 6.93. The Morgan fingerprint density at radius 2 is 1.60 bits per heavy atom. The lowest BCUT2D eigenvalue weighted by molar-refractivity contribution is 0.226. The van der Waals surface area contributed by atoms with Gasteiger partial charge < -0.3 is 4.90 Å². The fourth-order valence-corrected chi connectivity index (χ4v) is 1.56. The summed E-state index contributed by atoms with van der Waals surface area (Å²) in [7, 11) is -4.67. The summed E-state index contributed by atoms with van der Waals surface area (Å²) >= 11 is 0. The molecule has 0 amide bonds. The number of hydrogen-bond donors (Lipinski definition) is 2. The molecule has 0 radical (unpaired) electrons. The summed E-state index contributed by atoms with van der Waals surface area (Å²) in [5, 5.41) is 0. The first-order valence-electron chi connectivity index (χ1n) is 5.35. The third kappa shape index (κ3) is 13.8. The van der Waals surface area contributed by atoms with Crippen LogP contribution in [0.25, 0.3) is 0 Å². The lowest BCUT2D eigenvalue weighted by Crippen LogP contribution is -2.30. The summed E-state index contributed by atoms with van der Waals surface area (Å²) in [5.41, 5.74) is 0. The van der Waals surface area contributed by atoms with Crippen molar-refractivity contribution in [3.63, 3.8) is 0 Å². The average molecular weight is 239 g/mol. The number of piperidine rings is 1. The van der Waals surface area contributed by atoms with E-state index in [-0.39, 0.29) is 0 Å². The molecule has 1 aliphatic heterocycles. The summed E-state index contributed by atoms with van der Waals surface area (Å²) in [6, 6.07) is 0. The molecule has 0 saturated carbocycles. The van der Waals surface area contributed by atoms with E-state index in [0.29, 0.717) is 0 Å². The topological polar surface area (TPSA) is 77.8 Å². The molecular formula is C9H21NO4S. The van der Waals surface area contributed by atoms with Crippen LogP contribution < -0.4 is 0 Å². The van der Waals surface area contributed by atoms with Crippen LogP contribution in [0.3, 0.4) is 0 Å². The molecule has 15 heavy (non-hydrogen) atoms. The summed E-state index contributed by atoms with van der Waals surface area (Å²) in [6.07, 6.45) is 7.06. The zero-order valence-electron chi connectivity index (χ0n) is 9.22. The second kappa shape index (κ2) is 8.04. The Balaban J connectivity index is 0.000000336. The van der Waals surface area contributed by atoms with Gasteiger partial charge in [-0.1, -0.05) is 19.8 Å². The second-order valence-electron chi connectivity index (χ2n) is 3.70. The summed E-state index contributed by atoms with van der Waals surface area (Å²) in [5.74, 6) is 0. The lowest BCUT2D eigenvalue weighted by Gasteiger charge is -2.25. The van der Waals surface area contributed by atoms with Crippen LogP contribution in [0.1, 0.15) is 39.0 Å². The fourth-order valence-electron chi connectivity index (χ4n) is 1.56. The molecule has 1 fully saturated rings. The van der Waals surface area contributed by atoms with Gasteiger partial charge in [-0.05, 0) is 38.9 Å². The maximum Gasteiger partial charge on any atom is 0.394 e. The molecule has 1 saturated heterocycles. The number of nitrogens with zero attached hydrogens (tertiary/aromatic N) is 1. The van der Waals surface area contributed by atoms with E-state index >= 15 is 0 Å². The Bertz CT molecular complexity index is 226. The minimum Gasteiger partial charge on any atom is -0.303 e. The van der Waals surface area contributed by atoms with Gasteiger partial charge in [0.15, 0.2) is 0 Å². The molecule has 6 heteroatoms. The highest BCUT2D eigenvalue weighted by Gasteiger charge is 2.07. The number of rotatable bonds is 3. The molecule has 0 unspecified atom stereocenters. The predicted octanol–water partition coefficient (Wildman–Crippen LogP) is 1.62. The third-order valence-corrected chi connectivity index (χ3v) is 2.28. The zero-order valence-corrected chi connectivity index (χ0v) is 10.0. The monoisotopic (exact) mass is 239 g/mol. The summed E-state index contributed by atoms with van der Waals surface area (Å²) in [4.78, 5) is 2.60. The number of likely N-dealkylation sites (tertiary alicyclic amines) is 1. The first kappa shape index (κ1) is 14.8. The van der Waals surface area contributed by atoms with E-state index in [0.717, 1.165) is 0 Å². The highest BCUT2D eigenvalue weighted by molar-refractivity contribution is 7.79. The van der Waals surface area contributed by atoms with Crippen molar-refractivity contribution in [1.29, 1.82) is 0 Å². The SMILES string of the molecule is CCCCN1CCCCC1.O=S(=O)(O)O. The Hall–Kier alpha value is -0.170. The zero-order chi connectivity index (χ0) is 11.7. The van der Waals surface area contributed by atoms with E-state index in [1.165, 1.54) is 51.7 Å². The van der Waals surface area contributed by atoms with Crippen LogP contribution in [0.15, 0.2) is 0 Å². The van der Waals surface area contributed by atoms with Crippen LogP contribution in [-0.4, -0.2) is 42.1 Å². The van der Waals surface area contributed by atoms with Gasteiger partial charge in [0.05, 0.1) is 0 Å². The van der Waals surface area contributed by atoms with Crippen molar-refractivity contribution in [3.8, 4) is 0 Å². The van der Waals surface area contributed by atoms with Gasteiger partial charge in [0.25, 0.3) is 0 Å². The van der Waals surface area contributed by atoms with Crippen molar-refractivity contribution in [2.75, 3.05) is 19.6 Å². The summed E-state index contributed by atoms with van der Waals surface area (Å²) in [6.45, 7) is 6.33. The molecule has 0 aromatic carbocycles. The van der Waals surface area contributed by atoms with Crippen molar-refractivity contribution >= 4 is 10.4 Å². The molecule has 1 heterocycles. The van der Waals surface area contributed by atoms with Gasteiger partial charge in [-0.25, -0.2) is 0 Å². The van der Waals surface area contributed by atoms with Gasteiger partial charge in [0.2, 0.25) is 0 Å². The van der Waals surface area contributed by atoms with Crippen molar-refractivity contribution in [3.05, 3.63) is 0 Å². The first-order valence-corrected chi connectivity index (χ1v) is 6.75. The van der Waals surface area contributed by atoms with Crippen molar-refractivity contribution in [2.24, 2.45) is 0 Å². The molecule has 0 aromatic heterocycles. The molecule has 0 spiro atoms. The maximum atomic E-state index is 8.74. The number of hydrogen-bond acceptors (Lipinski definition) is 3. The van der Waals surface area contributed by atoms with Gasteiger partial charge in [0, 0.05) is 0 Å². The summed E-state index contributed by atoms with van der Waals surface area (Å²) < 4.78 is 31.6. The van der Waals surface area contributed by atoms with Gasteiger partial charge in [0.1, 0.15) is 0 Å². The van der Waals surface area contributed by atoms with Gasteiger partial charge >= 0.3 is 10.4 Å². The van der Waals surface area contributed by atoms with Crippen LogP contribution in [0.4, 0.5) is 0 Å². The molecule has 1 aliphatic rings. The molecule has 2 N–H and O–H groups in total. The highest BCUT2D eigenvalue weighted by Crippen LogP contribution is 2.08. The van der Waals surface area contributed by atoms with Crippen LogP contribution in [-0.2, 0) is 10.4 Å². The van der Waals surface area contributed by atoms with E-state index in [2.05, 4.69) is 11.8 Å². The Labute approximate surface area is 92.1 Å². The minimum absolute atomic E-state index is 1.34. The maximum absolute atomic E-state index is 8.74.